The number of ether oxygens (including phenoxy) is 2. The second kappa shape index (κ2) is 13.6. The molecule has 3 aromatic heterocycles. The molecule has 0 aliphatic carbocycles. The zero-order chi connectivity index (χ0) is 29.5. The highest BCUT2D eigenvalue weighted by Gasteiger charge is 2.26. The summed E-state index contributed by atoms with van der Waals surface area (Å²) in [6.45, 7) is 4.59. The van der Waals surface area contributed by atoms with Crippen LogP contribution in [0.2, 0.25) is 5.15 Å². The smallest absolute Gasteiger partial charge is 0.354 e. The molecule has 2 atom stereocenters. The molecule has 0 saturated heterocycles. The van der Waals surface area contributed by atoms with Gasteiger partial charge in [0.25, 0.3) is 0 Å². The summed E-state index contributed by atoms with van der Waals surface area (Å²) in [6, 6.07) is 14.1. The van der Waals surface area contributed by atoms with E-state index in [1.54, 1.807) is 34.2 Å². The molecule has 0 bridgehead atoms. The number of thiophene rings is 1. The fourth-order valence-electron chi connectivity index (χ4n) is 4.57. The van der Waals surface area contributed by atoms with E-state index in [4.69, 9.17) is 21.1 Å². The Balaban J connectivity index is 1.56. The molecule has 216 valence electrons. The van der Waals surface area contributed by atoms with Crippen LogP contribution in [0.15, 0.2) is 60.1 Å². The molecule has 0 saturated carbocycles. The molecule has 0 radical (unpaired) electrons. The van der Waals surface area contributed by atoms with Gasteiger partial charge in [0.2, 0.25) is 5.91 Å². The van der Waals surface area contributed by atoms with Crippen LogP contribution >= 0.6 is 22.9 Å². The number of benzene rings is 1. The fraction of sp³-hybridized carbons (Fsp3) is 0.333. The molecule has 3 heterocycles. The van der Waals surface area contributed by atoms with Crippen LogP contribution in [0, 0.1) is 0 Å². The topological polar surface area (TPSA) is 104 Å². The minimum Gasteiger partial charge on any atom is -0.469 e. The van der Waals surface area contributed by atoms with Gasteiger partial charge in [-0.25, -0.2) is 9.78 Å². The van der Waals surface area contributed by atoms with E-state index < -0.39 is 18.0 Å². The number of nitrogens with zero attached hydrogens (tertiary/aromatic N) is 3. The van der Waals surface area contributed by atoms with Crippen molar-refractivity contribution in [2.75, 3.05) is 19.5 Å². The van der Waals surface area contributed by atoms with Crippen LogP contribution in [0.3, 0.4) is 0 Å². The highest BCUT2D eigenvalue weighted by atomic mass is 35.5. The van der Waals surface area contributed by atoms with Gasteiger partial charge in [-0.1, -0.05) is 43.6 Å². The molecule has 1 amide bonds. The summed E-state index contributed by atoms with van der Waals surface area (Å²) in [7, 11) is 2.66. The highest BCUT2D eigenvalue weighted by Crippen LogP contribution is 2.28. The summed E-state index contributed by atoms with van der Waals surface area (Å²) in [5, 5.41) is 5.25. The predicted molar refractivity (Wildman–Crippen MR) is 159 cm³/mol. The molecular formula is C30H33ClN4O5S. The molecule has 4 aromatic rings. The monoisotopic (exact) mass is 596 g/mol. The molecule has 0 spiro atoms. The number of aromatic nitrogens is 3. The van der Waals surface area contributed by atoms with E-state index in [0.717, 1.165) is 22.7 Å². The molecule has 9 nitrogen and oxygen atoms in total. The maximum absolute atomic E-state index is 13.6. The summed E-state index contributed by atoms with van der Waals surface area (Å²) < 4.78 is 13.4. The van der Waals surface area contributed by atoms with Crippen molar-refractivity contribution in [2.45, 2.75) is 51.6 Å². The summed E-state index contributed by atoms with van der Waals surface area (Å²) in [6.07, 6.45) is 3.01. The van der Waals surface area contributed by atoms with Crippen molar-refractivity contribution in [3.8, 4) is 0 Å². The van der Waals surface area contributed by atoms with Crippen molar-refractivity contribution in [1.29, 1.82) is 0 Å². The van der Waals surface area contributed by atoms with Gasteiger partial charge >= 0.3 is 11.9 Å². The summed E-state index contributed by atoms with van der Waals surface area (Å²) in [5.74, 6) is -0.212. The van der Waals surface area contributed by atoms with Crippen LogP contribution in [-0.4, -0.2) is 46.2 Å². The number of hydrogen-bond donors (Lipinski definition) is 1. The third kappa shape index (κ3) is 7.07. The first-order chi connectivity index (χ1) is 19.7. The predicted octanol–water partition coefficient (Wildman–Crippen LogP) is 5.89. The number of imidazole rings is 1. The number of methoxy groups -OCH3 is 2. The third-order valence-corrected chi connectivity index (χ3v) is 8.20. The average Bonchev–Trinajstić information content (AvgIpc) is 3.74. The lowest BCUT2D eigenvalue weighted by atomic mass is 10.1. The Labute approximate surface area is 248 Å². The normalized spacial score (nSPS) is 12.5. The Bertz CT molecular complexity index is 1490. The minimum absolute atomic E-state index is 0.0193. The Kier molecular flexibility index (Phi) is 10.0. The lowest BCUT2D eigenvalue weighted by Crippen LogP contribution is -2.29. The molecule has 1 unspecified atom stereocenters. The van der Waals surface area contributed by atoms with Crippen molar-refractivity contribution in [3.63, 3.8) is 0 Å². The molecule has 11 heteroatoms. The maximum atomic E-state index is 13.6. The van der Waals surface area contributed by atoms with Gasteiger partial charge in [0, 0.05) is 35.6 Å². The summed E-state index contributed by atoms with van der Waals surface area (Å²) >= 11 is 8.00. The van der Waals surface area contributed by atoms with Crippen LogP contribution in [0.1, 0.15) is 64.7 Å². The van der Waals surface area contributed by atoms with E-state index >= 15 is 0 Å². The second-order valence-corrected chi connectivity index (χ2v) is 11.0. The molecule has 4 rings (SSSR count). The zero-order valence-electron chi connectivity index (χ0n) is 23.4. The summed E-state index contributed by atoms with van der Waals surface area (Å²) in [5.41, 5.74) is 2.47. The van der Waals surface area contributed by atoms with Gasteiger partial charge in [-0.3, -0.25) is 9.59 Å². The van der Waals surface area contributed by atoms with Crippen LogP contribution in [0.5, 0.6) is 0 Å². The van der Waals surface area contributed by atoms with Gasteiger partial charge in [-0.15, -0.1) is 11.3 Å². The van der Waals surface area contributed by atoms with E-state index in [1.807, 2.05) is 46.3 Å². The first kappa shape index (κ1) is 30.1. The van der Waals surface area contributed by atoms with Crippen molar-refractivity contribution >= 4 is 46.5 Å². The Morgan fingerprint density at radius 1 is 1.07 bits per heavy atom. The van der Waals surface area contributed by atoms with Gasteiger partial charge in [-0.2, -0.15) is 0 Å². The van der Waals surface area contributed by atoms with Crippen LogP contribution in [-0.2, 0) is 38.4 Å². The largest absolute Gasteiger partial charge is 0.469 e. The van der Waals surface area contributed by atoms with Gasteiger partial charge in [0.15, 0.2) is 5.15 Å². The fourth-order valence-corrected chi connectivity index (χ4v) is 5.57. The van der Waals surface area contributed by atoms with Crippen molar-refractivity contribution in [2.24, 2.45) is 0 Å². The minimum atomic E-state index is -0.663. The second-order valence-electron chi connectivity index (χ2n) is 9.63. The Morgan fingerprint density at radius 3 is 2.46 bits per heavy atom. The van der Waals surface area contributed by atoms with Crippen molar-refractivity contribution < 1.29 is 23.9 Å². The number of rotatable bonds is 12. The maximum Gasteiger partial charge on any atom is 0.354 e. The first-order valence-corrected chi connectivity index (χ1v) is 14.5. The van der Waals surface area contributed by atoms with Crippen LogP contribution < -0.4 is 5.32 Å². The molecule has 1 N–H and O–H groups in total. The molecule has 0 aliphatic heterocycles. The summed E-state index contributed by atoms with van der Waals surface area (Å²) in [4.78, 5) is 43.5. The van der Waals surface area contributed by atoms with Crippen LogP contribution in [0.4, 0.5) is 5.69 Å². The number of carbonyl (C=O) groups is 3. The number of amides is 1. The zero-order valence-corrected chi connectivity index (χ0v) is 25.0. The third-order valence-electron chi connectivity index (χ3n) is 6.99. The highest BCUT2D eigenvalue weighted by molar-refractivity contribution is 7.09. The van der Waals surface area contributed by atoms with Gasteiger partial charge in [-0.05, 0) is 47.7 Å². The molecule has 0 aliphatic rings. The van der Waals surface area contributed by atoms with E-state index in [9.17, 15) is 14.4 Å². The molecule has 0 fully saturated rings. The molecule has 1 aromatic carbocycles. The first-order valence-electron chi connectivity index (χ1n) is 13.2. The average molecular weight is 597 g/mol. The lowest BCUT2D eigenvalue weighted by Gasteiger charge is -2.20. The Morgan fingerprint density at radius 2 is 1.83 bits per heavy atom. The van der Waals surface area contributed by atoms with E-state index in [0.29, 0.717) is 35.2 Å². The number of anilines is 1. The number of carbonyl (C=O) groups excluding carboxylic acids is 3. The van der Waals surface area contributed by atoms with E-state index in [2.05, 4.69) is 24.1 Å². The number of esters is 2. The SMILES string of the molecule is CCC(C)c1nc(Cl)c(CC(=O)OC)n1Cc1ccc(NC(=O)[C@H](Cc2cccs2)n2cccc2C(=O)OC)cc1. The van der Waals surface area contributed by atoms with Crippen molar-refractivity contribution in [3.05, 3.63) is 92.9 Å². The van der Waals surface area contributed by atoms with Gasteiger partial charge in [0.1, 0.15) is 17.6 Å². The quantitative estimate of drug-likeness (QED) is 0.205. The van der Waals surface area contributed by atoms with E-state index in [1.165, 1.54) is 14.2 Å². The number of halogens is 1. The van der Waals surface area contributed by atoms with Crippen LogP contribution in [0.25, 0.3) is 0 Å². The number of nitrogens with one attached hydrogen (secondary N) is 1. The van der Waals surface area contributed by atoms with Gasteiger partial charge in [0.05, 0.1) is 26.3 Å². The van der Waals surface area contributed by atoms with E-state index in [-0.39, 0.29) is 18.2 Å². The standard InChI is InChI=1S/C30H33ClN4O5S/c1-5-19(2)28-33-27(31)24(17-26(36)39-3)35(28)18-20-10-12-21(13-11-20)32-29(37)25(16-22-8-7-15-41-22)34-14-6-9-23(34)30(38)40-4/h6-15,19,25H,5,16-18H2,1-4H3,(H,32,37)/t19?,25-/m0/s1. The Hall–Kier alpha value is -3.89. The van der Waals surface area contributed by atoms with Gasteiger partial charge < -0.3 is 23.9 Å². The molecule has 41 heavy (non-hydrogen) atoms. The number of hydrogen-bond acceptors (Lipinski definition) is 7. The lowest BCUT2D eigenvalue weighted by molar-refractivity contribution is -0.139. The van der Waals surface area contributed by atoms with Crippen molar-refractivity contribution in [1.82, 2.24) is 14.1 Å². The molecular weight excluding hydrogens is 564 g/mol.